The predicted octanol–water partition coefficient (Wildman–Crippen LogP) is 1.10. The van der Waals surface area contributed by atoms with Gasteiger partial charge in [-0.1, -0.05) is 12.1 Å². The van der Waals surface area contributed by atoms with Gasteiger partial charge >= 0.3 is 0 Å². The van der Waals surface area contributed by atoms with Crippen molar-refractivity contribution in [1.29, 1.82) is 5.26 Å². The third-order valence-corrected chi connectivity index (χ3v) is 4.08. The molecule has 2 heterocycles. The molecule has 1 atom stereocenters. The number of anilines is 1. The van der Waals surface area contributed by atoms with E-state index in [4.69, 9.17) is 9.47 Å². The first-order valence-corrected chi connectivity index (χ1v) is 7.52. The number of para-hydroxylation sites is 1. The Morgan fingerprint density at radius 2 is 1.95 bits per heavy atom. The van der Waals surface area contributed by atoms with Crippen molar-refractivity contribution >= 4 is 5.69 Å². The molecule has 5 nitrogen and oxygen atoms in total. The van der Waals surface area contributed by atoms with Crippen molar-refractivity contribution in [3.63, 3.8) is 0 Å². The van der Waals surface area contributed by atoms with Gasteiger partial charge < -0.3 is 14.4 Å². The number of nitrogens with zero attached hydrogens (tertiary/aromatic N) is 3. The molecule has 5 heteroatoms. The zero-order valence-corrected chi connectivity index (χ0v) is 12.2. The second kappa shape index (κ2) is 6.90. The van der Waals surface area contributed by atoms with Crippen molar-refractivity contribution in [2.45, 2.75) is 6.10 Å². The van der Waals surface area contributed by atoms with Gasteiger partial charge in [0, 0.05) is 32.7 Å². The van der Waals surface area contributed by atoms with Gasteiger partial charge in [0.2, 0.25) is 0 Å². The molecule has 2 aliphatic rings. The van der Waals surface area contributed by atoms with Crippen molar-refractivity contribution in [2.75, 3.05) is 57.4 Å². The molecule has 3 rings (SSSR count). The van der Waals surface area contributed by atoms with Gasteiger partial charge in [0.15, 0.2) is 0 Å². The van der Waals surface area contributed by atoms with Crippen LogP contribution in [0.2, 0.25) is 0 Å². The van der Waals surface area contributed by atoms with E-state index in [1.54, 1.807) is 0 Å². The highest BCUT2D eigenvalue weighted by molar-refractivity contribution is 5.59. The molecule has 21 heavy (non-hydrogen) atoms. The smallest absolute Gasteiger partial charge is 0.101 e. The lowest BCUT2D eigenvalue weighted by molar-refractivity contribution is -0.0977. The molecule has 0 saturated carbocycles. The lowest BCUT2D eigenvalue weighted by Crippen LogP contribution is -2.50. The van der Waals surface area contributed by atoms with Gasteiger partial charge in [0.1, 0.15) is 6.07 Å². The molecule has 112 valence electrons. The van der Waals surface area contributed by atoms with E-state index in [0.717, 1.165) is 50.6 Å². The Kier molecular flexibility index (Phi) is 4.71. The zero-order chi connectivity index (χ0) is 14.5. The van der Waals surface area contributed by atoms with Crippen molar-refractivity contribution in [2.24, 2.45) is 0 Å². The van der Waals surface area contributed by atoms with Crippen LogP contribution >= 0.6 is 0 Å². The Morgan fingerprint density at radius 1 is 1.14 bits per heavy atom. The fourth-order valence-corrected chi connectivity index (χ4v) is 2.95. The molecule has 0 spiro atoms. The topological polar surface area (TPSA) is 48.7 Å². The highest BCUT2D eigenvalue weighted by Gasteiger charge is 2.23. The van der Waals surface area contributed by atoms with Gasteiger partial charge in [0.05, 0.1) is 37.2 Å². The first-order chi connectivity index (χ1) is 10.4. The first-order valence-electron chi connectivity index (χ1n) is 7.52. The standard InChI is InChI=1S/C16H21N3O2/c17-11-14-3-1-2-4-16(14)19-7-5-18(6-8-19)12-15-13-20-9-10-21-15/h1-4,15H,5-10,12-13H2. The fraction of sp³-hybridized carbons (Fsp3) is 0.562. The third-order valence-electron chi connectivity index (χ3n) is 4.08. The number of piperazine rings is 1. The Bertz CT molecular complexity index is 500. The minimum atomic E-state index is 0.205. The highest BCUT2D eigenvalue weighted by Crippen LogP contribution is 2.21. The molecule has 1 aromatic carbocycles. The Balaban J connectivity index is 1.54. The lowest BCUT2D eigenvalue weighted by atomic mass is 10.1. The summed E-state index contributed by atoms with van der Waals surface area (Å²) in [6.07, 6.45) is 0.205. The molecule has 0 aliphatic carbocycles. The predicted molar refractivity (Wildman–Crippen MR) is 80.4 cm³/mol. The van der Waals surface area contributed by atoms with Crippen LogP contribution in [0.5, 0.6) is 0 Å². The average molecular weight is 287 g/mol. The van der Waals surface area contributed by atoms with Crippen molar-refractivity contribution in [3.8, 4) is 6.07 Å². The number of rotatable bonds is 3. The molecule has 2 aliphatic heterocycles. The zero-order valence-electron chi connectivity index (χ0n) is 12.2. The van der Waals surface area contributed by atoms with Crippen LogP contribution in [-0.4, -0.2) is 63.5 Å². The summed E-state index contributed by atoms with van der Waals surface area (Å²) in [7, 11) is 0. The van der Waals surface area contributed by atoms with Crippen LogP contribution in [0.4, 0.5) is 5.69 Å². The van der Waals surface area contributed by atoms with E-state index in [9.17, 15) is 5.26 Å². The number of nitriles is 1. The highest BCUT2D eigenvalue weighted by atomic mass is 16.6. The van der Waals surface area contributed by atoms with Gasteiger partial charge in [-0.25, -0.2) is 0 Å². The van der Waals surface area contributed by atoms with Crippen LogP contribution in [0.25, 0.3) is 0 Å². The average Bonchev–Trinajstić information content (AvgIpc) is 2.56. The first kappa shape index (κ1) is 14.3. The van der Waals surface area contributed by atoms with Crippen LogP contribution < -0.4 is 4.90 Å². The van der Waals surface area contributed by atoms with Gasteiger partial charge in [-0.15, -0.1) is 0 Å². The Hall–Kier alpha value is -1.61. The molecule has 2 saturated heterocycles. The van der Waals surface area contributed by atoms with E-state index in [0.29, 0.717) is 13.2 Å². The molecule has 2 fully saturated rings. The maximum Gasteiger partial charge on any atom is 0.101 e. The molecule has 1 aromatic rings. The van der Waals surface area contributed by atoms with Gasteiger partial charge in [0.25, 0.3) is 0 Å². The third kappa shape index (κ3) is 3.53. The Morgan fingerprint density at radius 3 is 2.67 bits per heavy atom. The number of benzene rings is 1. The minimum absolute atomic E-state index is 0.205. The summed E-state index contributed by atoms with van der Waals surface area (Å²) < 4.78 is 11.2. The van der Waals surface area contributed by atoms with Crippen molar-refractivity contribution < 1.29 is 9.47 Å². The van der Waals surface area contributed by atoms with Crippen LogP contribution in [-0.2, 0) is 9.47 Å². The van der Waals surface area contributed by atoms with E-state index >= 15 is 0 Å². The van der Waals surface area contributed by atoms with E-state index in [1.807, 2.05) is 24.3 Å². The molecular weight excluding hydrogens is 266 g/mol. The number of ether oxygens (including phenoxy) is 2. The summed E-state index contributed by atoms with van der Waals surface area (Å²) in [6.45, 7) is 6.97. The van der Waals surface area contributed by atoms with Gasteiger partial charge in [-0.3, -0.25) is 4.90 Å². The molecule has 0 N–H and O–H groups in total. The maximum atomic E-state index is 9.20. The summed E-state index contributed by atoms with van der Waals surface area (Å²) in [6, 6.07) is 10.1. The number of hydrogen-bond donors (Lipinski definition) is 0. The molecule has 0 radical (unpaired) electrons. The van der Waals surface area contributed by atoms with Gasteiger partial charge in [-0.2, -0.15) is 5.26 Å². The molecule has 1 unspecified atom stereocenters. The number of hydrogen-bond acceptors (Lipinski definition) is 5. The van der Waals surface area contributed by atoms with Crippen molar-refractivity contribution in [1.82, 2.24) is 4.90 Å². The second-order valence-electron chi connectivity index (χ2n) is 5.48. The lowest BCUT2D eigenvalue weighted by Gasteiger charge is -2.38. The minimum Gasteiger partial charge on any atom is -0.376 e. The summed E-state index contributed by atoms with van der Waals surface area (Å²) in [5.74, 6) is 0. The second-order valence-corrected chi connectivity index (χ2v) is 5.48. The van der Waals surface area contributed by atoms with Gasteiger partial charge in [-0.05, 0) is 12.1 Å². The van der Waals surface area contributed by atoms with Crippen LogP contribution in [0.15, 0.2) is 24.3 Å². The summed E-state index contributed by atoms with van der Waals surface area (Å²) in [4.78, 5) is 4.72. The summed E-state index contributed by atoms with van der Waals surface area (Å²) >= 11 is 0. The quantitative estimate of drug-likeness (QED) is 0.833. The van der Waals surface area contributed by atoms with E-state index in [2.05, 4.69) is 15.9 Å². The van der Waals surface area contributed by atoms with E-state index in [-0.39, 0.29) is 6.10 Å². The normalized spacial score (nSPS) is 23.8. The van der Waals surface area contributed by atoms with E-state index < -0.39 is 0 Å². The maximum absolute atomic E-state index is 9.20. The van der Waals surface area contributed by atoms with E-state index in [1.165, 1.54) is 0 Å². The monoisotopic (exact) mass is 287 g/mol. The molecule has 0 amide bonds. The Labute approximate surface area is 125 Å². The van der Waals surface area contributed by atoms with Crippen LogP contribution in [0, 0.1) is 11.3 Å². The molecule has 0 aromatic heterocycles. The SMILES string of the molecule is N#Cc1ccccc1N1CCN(CC2COCCO2)CC1. The van der Waals surface area contributed by atoms with Crippen LogP contribution in [0.1, 0.15) is 5.56 Å². The largest absolute Gasteiger partial charge is 0.376 e. The van der Waals surface area contributed by atoms with Crippen molar-refractivity contribution in [3.05, 3.63) is 29.8 Å². The van der Waals surface area contributed by atoms with Crippen LogP contribution in [0.3, 0.4) is 0 Å². The molecular formula is C16H21N3O2. The fourth-order valence-electron chi connectivity index (χ4n) is 2.95. The summed E-state index contributed by atoms with van der Waals surface area (Å²) in [5.41, 5.74) is 1.81. The summed E-state index contributed by atoms with van der Waals surface area (Å²) in [5, 5.41) is 9.20. The molecule has 0 bridgehead atoms.